The minimum absolute atomic E-state index is 0.139. The minimum Gasteiger partial charge on any atom is -0.481 e. The number of nitrogens with zero attached hydrogens (tertiary/aromatic N) is 3. The van der Waals surface area contributed by atoms with Gasteiger partial charge in [-0.3, -0.25) is 4.79 Å². The Labute approximate surface area is 108 Å². The lowest BCUT2D eigenvalue weighted by Gasteiger charge is -2.06. The molecule has 6 heteroatoms. The molecule has 0 spiro atoms. The summed E-state index contributed by atoms with van der Waals surface area (Å²) < 4.78 is 5.06. The Balaban J connectivity index is 2.04. The molecule has 0 fully saturated rings. The van der Waals surface area contributed by atoms with Gasteiger partial charge in [-0.1, -0.05) is 0 Å². The Bertz CT molecular complexity index is 609. The standard InChI is InChI=1S/C12H11N3O2S/c1-17-10-5-7(13-6-14-10)12-15-11-8(16)3-2-4-9(11)18-12/h5-6H,2-4H2,1H3. The van der Waals surface area contributed by atoms with Crippen LogP contribution < -0.4 is 4.74 Å². The molecule has 0 saturated carbocycles. The van der Waals surface area contributed by atoms with E-state index in [0.717, 1.165) is 22.7 Å². The number of thiazole rings is 1. The molecule has 0 aliphatic heterocycles. The van der Waals surface area contributed by atoms with E-state index in [-0.39, 0.29) is 5.78 Å². The normalized spacial score (nSPS) is 14.4. The average Bonchev–Trinajstić information content (AvgIpc) is 2.84. The highest BCUT2D eigenvalue weighted by atomic mass is 32.1. The molecule has 0 radical (unpaired) electrons. The first-order valence-electron chi connectivity index (χ1n) is 5.67. The Morgan fingerprint density at radius 1 is 1.33 bits per heavy atom. The third-order valence-corrected chi connectivity index (χ3v) is 3.98. The van der Waals surface area contributed by atoms with E-state index in [1.165, 1.54) is 17.7 Å². The average molecular weight is 261 g/mol. The summed E-state index contributed by atoms with van der Waals surface area (Å²) in [5.74, 6) is 0.638. The van der Waals surface area contributed by atoms with Gasteiger partial charge >= 0.3 is 0 Å². The zero-order valence-electron chi connectivity index (χ0n) is 9.84. The summed E-state index contributed by atoms with van der Waals surface area (Å²) in [5.41, 5.74) is 1.33. The molecular formula is C12H11N3O2S. The molecule has 0 saturated heterocycles. The van der Waals surface area contributed by atoms with Gasteiger partial charge in [-0.25, -0.2) is 15.0 Å². The predicted octanol–water partition coefficient (Wildman–Crippen LogP) is 2.13. The van der Waals surface area contributed by atoms with Crippen LogP contribution in [-0.2, 0) is 6.42 Å². The van der Waals surface area contributed by atoms with Crippen molar-refractivity contribution < 1.29 is 9.53 Å². The van der Waals surface area contributed by atoms with Gasteiger partial charge in [0.15, 0.2) is 5.78 Å². The van der Waals surface area contributed by atoms with Crippen LogP contribution in [-0.4, -0.2) is 27.8 Å². The lowest BCUT2D eigenvalue weighted by molar-refractivity contribution is 0.0968. The number of hydrogen-bond acceptors (Lipinski definition) is 6. The molecule has 3 rings (SSSR count). The van der Waals surface area contributed by atoms with Gasteiger partial charge in [-0.15, -0.1) is 11.3 Å². The van der Waals surface area contributed by atoms with Crippen LogP contribution in [0, 0.1) is 0 Å². The lowest BCUT2D eigenvalue weighted by Crippen LogP contribution is -2.08. The molecule has 92 valence electrons. The second-order valence-corrected chi connectivity index (χ2v) is 5.10. The van der Waals surface area contributed by atoms with E-state index in [9.17, 15) is 4.79 Å². The van der Waals surface area contributed by atoms with E-state index in [2.05, 4.69) is 15.0 Å². The molecule has 2 aromatic rings. The number of methoxy groups -OCH3 is 1. The van der Waals surface area contributed by atoms with Gasteiger partial charge < -0.3 is 4.74 Å². The maximum atomic E-state index is 11.7. The first-order chi connectivity index (χ1) is 8.78. The first-order valence-corrected chi connectivity index (χ1v) is 6.49. The number of carbonyl (C=O) groups is 1. The van der Waals surface area contributed by atoms with Crippen molar-refractivity contribution in [3.8, 4) is 16.6 Å². The molecule has 0 N–H and O–H groups in total. The van der Waals surface area contributed by atoms with Gasteiger partial charge in [-0.05, 0) is 12.8 Å². The van der Waals surface area contributed by atoms with Gasteiger partial charge in [0.2, 0.25) is 5.88 Å². The Hall–Kier alpha value is -1.82. The van der Waals surface area contributed by atoms with Crippen LogP contribution in [0.25, 0.3) is 10.7 Å². The Kier molecular flexibility index (Phi) is 2.79. The van der Waals surface area contributed by atoms with Gasteiger partial charge in [0.25, 0.3) is 0 Å². The van der Waals surface area contributed by atoms with E-state index in [1.807, 2.05) is 0 Å². The van der Waals surface area contributed by atoms with Crippen LogP contribution in [0.4, 0.5) is 0 Å². The Morgan fingerprint density at radius 2 is 2.22 bits per heavy atom. The number of aryl methyl sites for hydroxylation is 1. The molecule has 0 atom stereocenters. The fourth-order valence-electron chi connectivity index (χ4n) is 1.94. The second-order valence-electron chi connectivity index (χ2n) is 4.01. The van der Waals surface area contributed by atoms with Crippen molar-refractivity contribution in [3.05, 3.63) is 23.0 Å². The number of ether oxygens (including phenoxy) is 1. The SMILES string of the molecule is COc1cc(-c2nc3c(s2)CCCC3=O)ncn1. The summed E-state index contributed by atoms with van der Waals surface area (Å²) >= 11 is 1.53. The van der Waals surface area contributed by atoms with E-state index < -0.39 is 0 Å². The van der Waals surface area contributed by atoms with Crippen molar-refractivity contribution in [1.29, 1.82) is 0 Å². The van der Waals surface area contributed by atoms with E-state index in [0.29, 0.717) is 23.7 Å². The van der Waals surface area contributed by atoms with Crippen molar-refractivity contribution in [2.75, 3.05) is 7.11 Å². The number of ketones is 1. The summed E-state index contributed by atoms with van der Waals surface area (Å²) in [4.78, 5) is 25.3. The van der Waals surface area contributed by atoms with Crippen LogP contribution in [0.5, 0.6) is 5.88 Å². The molecule has 2 heterocycles. The molecule has 0 amide bonds. The third-order valence-electron chi connectivity index (χ3n) is 2.84. The molecular weight excluding hydrogens is 250 g/mol. The van der Waals surface area contributed by atoms with Crippen molar-refractivity contribution in [2.45, 2.75) is 19.3 Å². The van der Waals surface area contributed by atoms with Crippen LogP contribution in [0.2, 0.25) is 0 Å². The van der Waals surface area contributed by atoms with Crippen LogP contribution in [0.3, 0.4) is 0 Å². The first kappa shape index (κ1) is 11.3. The van der Waals surface area contributed by atoms with Gasteiger partial charge in [0.1, 0.15) is 22.7 Å². The minimum atomic E-state index is 0.139. The number of aromatic nitrogens is 3. The fourth-order valence-corrected chi connectivity index (χ4v) is 3.03. The monoisotopic (exact) mass is 261 g/mol. The summed E-state index contributed by atoms with van der Waals surface area (Å²) in [7, 11) is 1.56. The molecule has 0 aromatic carbocycles. The zero-order chi connectivity index (χ0) is 12.5. The lowest BCUT2D eigenvalue weighted by atomic mass is 10.0. The number of carbonyl (C=O) groups excluding carboxylic acids is 1. The second kappa shape index (κ2) is 4.45. The summed E-state index contributed by atoms with van der Waals surface area (Å²) in [5, 5.41) is 0.760. The van der Waals surface area contributed by atoms with E-state index in [4.69, 9.17) is 4.74 Å². The number of hydrogen-bond donors (Lipinski definition) is 0. The van der Waals surface area contributed by atoms with Crippen LogP contribution >= 0.6 is 11.3 Å². The molecule has 0 bridgehead atoms. The van der Waals surface area contributed by atoms with E-state index in [1.54, 1.807) is 13.2 Å². The number of fused-ring (bicyclic) bond motifs is 1. The number of rotatable bonds is 2. The quantitative estimate of drug-likeness (QED) is 0.828. The van der Waals surface area contributed by atoms with Crippen molar-refractivity contribution in [1.82, 2.24) is 15.0 Å². The largest absolute Gasteiger partial charge is 0.481 e. The third kappa shape index (κ3) is 1.88. The Morgan fingerprint density at radius 3 is 3.00 bits per heavy atom. The topological polar surface area (TPSA) is 65.0 Å². The van der Waals surface area contributed by atoms with Gasteiger partial charge in [0, 0.05) is 17.4 Å². The maximum Gasteiger partial charge on any atom is 0.216 e. The summed E-state index contributed by atoms with van der Waals surface area (Å²) in [6.07, 6.45) is 3.89. The molecule has 0 unspecified atom stereocenters. The highest BCUT2D eigenvalue weighted by molar-refractivity contribution is 7.15. The highest BCUT2D eigenvalue weighted by Gasteiger charge is 2.23. The molecule has 5 nitrogen and oxygen atoms in total. The van der Waals surface area contributed by atoms with Crippen molar-refractivity contribution in [3.63, 3.8) is 0 Å². The van der Waals surface area contributed by atoms with Crippen molar-refractivity contribution in [2.24, 2.45) is 0 Å². The van der Waals surface area contributed by atoms with Crippen molar-refractivity contribution >= 4 is 17.1 Å². The van der Waals surface area contributed by atoms with Crippen LogP contribution in [0.1, 0.15) is 28.2 Å². The number of Topliss-reactive ketones (excluding diaryl/α,β-unsaturated/α-hetero) is 1. The van der Waals surface area contributed by atoms with Gasteiger partial charge in [-0.2, -0.15) is 0 Å². The highest BCUT2D eigenvalue weighted by Crippen LogP contribution is 2.32. The maximum absolute atomic E-state index is 11.7. The van der Waals surface area contributed by atoms with Crippen LogP contribution in [0.15, 0.2) is 12.4 Å². The smallest absolute Gasteiger partial charge is 0.216 e. The molecule has 2 aromatic heterocycles. The summed E-state index contributed by atoms with van der Waals surface area (Å²) in [6, 6.07) is 1.73. The molecule has 18 heavy (non-hydrogen) atoms. The predicted molar refractivity (Wildman–Crippen MR) is 67.0 cm³/mol. The fraction of sp³-hybridized carbons (Fsp3) is 0.333. The zero-order valence-corrected chi connectivity index (χ0v) is 10.7. The molecule has 1 aliphatic carbocycles. The summed E-state index contributed by atoms with van der Waals surface area (Å²) in [6.45, 7) is 0. The molecule has 1 aliphatic rings. The van der Waals surface area contributed by atoms with E-state index >= 15 is 0 Å². The van der Waals surface area contributed by atoms with Gasteiger partial charge in [0.05, 0.1) is 7.11 Å².